The molecule has 1 aromatic rings. The molecule has 0 spiro atoms. The van der Waals surface area contributed by atoms with E-state index in [-0.39, 0.29) is 18.9 Å². The lowest BCUT2D eigenvalue weighted by Gasteiger charge is -2.09. The Labute approximate surface area is 104 Å². The third-order valence-corrected chi connectivity index (χ3v) is 2.34. The van der Waals surface area contributed by atoms with Crippen molar-refractivity contribution in [1.82, 2.24) is 5.32 Å². The van der Waals surface area contributed by atoms with Gasteiger partial charge in [0.2, 0.25) is 0 Å². The number of carboxylic acid groups (broad SMARTS) is 1. The van der Waals surface area contributed by atoms with Gasteiger partial charge in [-0.15, -0.1) is 0 Å². The molecule has 1 unspecified atom stereocenters. The summed E-state index contributed by atoms with van der Waals surface area (Å²) in [5.41, 5.74) is 0.366. The van der Waals surface area contributed by atoms with Gasteiger partial charge >= 0.3 is 5.97 Å². The van der Waals surface area contributed by atoms with Crippen molar-refractivity contribution in [3.05, 3.63) is 29.8 Å². The minimum atomic E-state index is -1.47. The predicted molar refractivity (Wildman–Crippen MR) is 63.6 cm³/mol. The van der Waals surface area contributed by atoms with Crippen molar-refractivity contribution in [2.24, 2.45) is 0 Å². The van der Waals surface area contributed by atoms with Gasteiger partial charge in [0, 0.05) is 13.0 Å². The van der Waals surface area contributed by atoms with Crippen molar-refractivity contribution in [1.29, 1.82) is 0 Å². The van der Waals surface area contributed by atoms with Crippen molar-refractivity contribution < 1.29 is 24.5 Å². The van der Waals surface area contributed by atoms with Gasteiger partial charge in [-0.2, -0.15) is 0 Å². The van der Waals surface area contributed by atoms with E-state index in [1.54, 1.807) is 24.3 Å². The molecule has 3 N–H and O–H groups in total. The second-order valence-corrected chi connectivity index (χ2v) is 3.60. The van der Waals surface area contributed by atoms with E-state index < -0.39 is 12.1 Å². The number of amides is 1. The highest BCUT2D eigenvalue weighted by atomic mass is 16.5. The van der Waals surface area contributed by atoms with E-state index in [9.17, 15) is 9.59 Å². The summed E-state index contributed by atoms with van der Waals surface area (Å²) in [6.07, 6.45) is -1.51. The zero-order chi connectivity index (χ0) is 13.5. The molecule has 0 fully saturated rings. The molecule has 0 saturated carbocycles. The summed E-state index contributed by atoms with van der Waals surface area (Å²) in [6.45, 7) is 0.0738. The van der Waals surface area contributed by atoms with E-state index in [1.165, 1.54) is 7.11 Å². The third kappa shape index (κ3) is 3.74. The van der Waals surface area contributed by atoms with Crippen LogP contribution in [0.2, 0.25) is 0 Å². The van der Waals surface area contributed by atoms with Crippen LogP contribution in [0.3, 0.4) is 0 Å². The molecule has 0 bridgehead atoms. The summed E-state index contributed by atoms with van der Waals surface area (Å²) < 4.78 is 5.03. The summed E-state index contributed by atoms with van der Waals surface area (Å²) in [5.74, 6) is -1.24. The first-order valence-electron chi connectivity index (χ1n) is 5.38. The molecule has 0 aliphatic heterocycles. The van der Waals surface area contributed by atoms with E-state index in [4.69, 9.17) is 14.9 Å². The van der Waals surface area contributed by atoms with Crippen LogP contribution in [0.5, 0.6) is 5.75 Å². The van der Waals surface area contributed by atoms with Crippen LogP contribution in [0.25, 0.3) is 0 Å². The fourth-order valence-corrected chi connectivity index (χ4v) is 1.37. The van der Waals surface area contributed by atoms with Crippen molar-refractivity contribution in [2.75, 3.05) is 13.7 Å². The lowest BCUT2D eigenvalue weighted by Crippen LogP contribution is -2.30. The second kappa shape index (κ2) is 6.61. The van der Waals surface area contributed by atoms with E-state index in [1.807, 2.05) is 0 Å². The van der Waals surface area contributed by atoms with Crippen LogP contribution < -0.4 is 10.1 Å². The Morgan fingerprint density at radius 3 is 2.67 bits per heavy atom. The van der Waals surface area contributed by atoms with Crippen LogP contribution in [0, 0.1) is 0 Å². The van der Waals surface area contributed by atoms with Gasteiger partial charge in [0.15, 0.2) is 6.10 Å². The number of aliphatic hydroxyl groups excluding tert-OH is 1. The van der Waals surface area contributed by atoms with Gasteiger partial charge in [0.05, 0.1) is 12.7 Å². The molecule has 0 radical (unpaired) electrons. The van der Waals surface area contributed by atoms with Crippen molar-refractivity contribution in [3.8, 4) is 5.75 Å². The smallest absolute Gasteiger partial charge is 0.332 e. The van der Waals surface area contributed by atoms with Crippen molar-refractivity contribution in [2.45, 2.75) is 12.5 Å². The molecule has 18 heavy (non-hydrogen) atoms. The maximum atomic E-state index is 11.8. The Hall–Kier alpha value is -2.08. The van der Waals surface area contributed by atoms with Gasteiger partial charge in [-0.25, -0.2) is 4.79 Å². The fraction of sp³-hybridized carbons (Fsp3) is 0.333. The van der Waals surface area contributed by atoms with Gasteiger partial charge in [0.1, 0.15) is 5.75 Å². The number of carboxylic acids is 1. The van der Waals surface area contributed by atoms with Crippen LogP contribution in [0.15, 0.2) is 24.3 Å². The monoisotopic (exact) mass is 253 g/mol. The SMILES string of the molecule is COc1ccccc1C(=O)NCCC(O)C(=O)O. The number of methoxy groups -OCH3 is 1. The molecule has 1 rings (SSSR count). The highest BCUT2D eigenvalue weighted by Gasteiger charge is 2.14. The third-order valence-electron chi connectivity index (χ3n) is 2.34. The summed E-state index contributed by atoms with van der Waals surface area (Å²) >= 11 is 0. The van der Waals surface area contributed by atoms with E-state index in [2.05, 4.69) is 5.32 Å². The van der Waals surface area contributed by atoms with Crippen LogP contribution >= 0.6 is 0 Å². The van der Waals surface area contributed by atoms with Gasteiger partial charge < -0.3 is 20.3 Å². The number of carbonyl (C=O) groups excluding carboxylic acids is 1. The minimum Gasteiger partial charge on any atom is -0.496 e. The summed E-state index contributed by atoms with van der Waals surface area (Å²) in [4.78, 5) is 22.1. The quantitative estimate of drug-likeness (QED) is 0.676. The molecule has 6 heteroatoms. The highest BCUT2D eigenvalue weighted by molar-refractivity contribution is 5.96. The summed E-state index contributed by atoms with van der Waals surface area (Å²) in [6, 6.07) is 6.69. The molecule has 0 heterocycles. The van der Waals surface area contributed by atoms with Crippen molar-refractivity contribution >= 4 is 11.9 Å². The number of hydrogen-bond donors (Lipinski definition) is 3. The zero-order valence-corrected chi connectivity index (χ0v) is 9.92. The summed E-state index contributed by atoms with van der Waals surface area (Å²) in [7, 11) is 1.46. The fourth-order valence-electron chi connectivity index (χ4n) is 1.37. The van der Waals surface area contributed by atoms with Crippen LogP contribution in [0.1, 0.15) is 16.8 Å². The Morgan fingerprint density at radius 1 is 1.39 bits per heavy atom. The first kappa shape index (κ1) is 14.0. The average Bonchev–Trinajstić information content (AvgIpc) is 2.38. The van der Waals surface area contributed by atoms with E-state index in [0.717, 1.165) is 0 Å². The molecule has 0 aliphatic carbocycles. The first-order valence-corrected chi connectivity index (χ1v) is 5.38. The Balaban J connectivity index is 2.53. The molecule has 1 amide bonds. The van der Waals surface area contributed by atoms with Gasteiger partial charge in [-0.05, 0) is 12.1 Å². The largest absolute Gasteiger partial charge is 0.496 e. The molecule has 1 atom stereocenters. The van der Waals surface area contributed by atoms with E-state index >= 15 is 0 Å². The number of nitrogens with one attached hydrogen (secondary N) is 1. The maximum absolute atomic E-state index is 11.8. The highest BCUT2D eigenvalue weighted by Crippen LogP contribution is 2.16. The number of benzene rings is 1. The molecular formula is C12H15NO5. The molecule has 98 valence electrons. The van der Waals surface area contributed by atoms with Gasteiger partial charge in [0.25, 0.3) is 5.91 Å². The molecule has 1 aromatic carbocycles. The van der Waals surface area contributed by atoms with E-state index in [0.29, 0.717) is 11.3 Å². The molecule has 6 nitrogen and oxygen atoms in total. The molecular weight excluding hydrogens is 238 g/mol. The average molecular weight is 253 g/mol. The number of para-hydroxylation sites is 1. The second-order valence-electron chi connectivity index (χ2n) is 3.60. The van der Waals surface area contributed by atoms with Crippen LogP contribution in [-0.4, -0.2) is 41.8 Å². The predicted octanol–water partition coefficient (Wildman–Crippen LogP) is 0.261. The summed E-state index contributed by atoms with van der Waals surface area (Å²) in [5, 5.41) is 20.0. The Morgan fingerprint density at radius 2 is 2.06 bits per heavy atom. The number of carbonyl (C=O) groups is 2. The standard InChI is InChI=1S/C12H15NO5/c1-18-10-5-3-2-4-8(10)11(15)13-7-6-9(14)12(16)17/h2-5,9,14H,6-7H2,1H3,(H,13,15)(H,16,17). The number of aliphatic hydroxyl groups is 1. The van der Waals surface area contributed by atoms with Crippen LogP contribution in [-0.2, 0) is 4.79 Å². The Kier molecular flexibility index (Phi) is 5.13. The minimum absolute atomic E-state index is 0.0454. The van der Waals surface area contributed by atoms with Gasteiger partial charge in [-0.3, -0.25) is 4.79 Å². The molecule has 0 aromatic heterocycles. The lowest BCUT2D eigenvalue weighted by atomic mass is 10.2. The zero-order valence-electron chi connectivity index (χ0n) is 9.92. The Bertz CT molecular complexity index is 432. The number of ether oxygens (including phenoxy) is 1. The topological polar surface area (TPSA) is 95.9 Å². The van der Waals surface area contributed by atoms with Crippen molar-refractivity contribution in [3.63, 3.8) is 0 Å². The van der Waals surface area contributed by atoms with Gasteiger partial charge in [-0.1, -0.05) is 12.1 Å². The molecule has 0 aliphatic rings. The first-order chi connectivity index (χ1) is 8.56. The maximum Gasteiger partial charge on any atom is 0.332 e. The number of hydrogen-bond acceptors (Lipinski definition) is 4. The molecule has 0 saturated heterocycles. The van der Waals surface area contributed by atoms with Crippen LogP contribution in [0.4, 0.5) is 0 Å². The normalized spacial score (nSPS) is 11.7. The number of aliphatic carboxylic acids is 1. The lowest BCUT2D eigenvalue weighted by molar-refractivity contribution is -0.146. The number of rotatable bonds is 6.